The summed E-state index contributed by atoms with van der Waals surface area (Å²) in [5.41, 5.74) is 5.16. The molecule has 2 aromatic carbocycles. The molecule has 0 aliphatic heterocycles. The Kier molecular flexibility index (Phi) is 4.79. The monoisotopic (exact) mass is 324 g/mol. The summed E-state index contributed by atoms with van der Waals surface area (Å²) in [6.07, 6.45) is 6.16. The molecule has 0 saturated carbocycles. The molecule has 0 spiro atoms. The van der Waals surface area contributed by atoms with Crippen molar-refractivity contribution in [2.75, 3.05) is 13.6 Å². The SMILES string of the molecule is CN(CCCC1c2ccccc2C=Cc2ccccc21)[N+](O)=NO. The van der Waals surface area contributed by atoms with Crippen LogP contribution >= 0.6 is 0 Å². The van der Waals surface area contributed by atoms with Gasteiger partial charge in [0.25, 0.3) is 10.2 Å². The quantitative estimate of drug-likeness (QED) is 0.493. The number of hydrazine groups is 1. The highest BCUT2D eigenvalue weighted by atomic mass is 16.6. The van der Waals surface area contributed by atoms with Gasteiger partial charge in [0.1, 0.15) is 0 Å². The van der Waals surface area contributed by atoms with Crippen LogP contribution in [0.4, 0.5) is 0 Å². The molecule has 2 aromatic rings. The van der Waals surface area contributed by atoms with Gasteiger partial charge in [-0.3, -0.25) is 0 Å². The Hall–Kier alpha value is -2.82. The lowest BCUT2D eigenvalue weighted by atomic mass is 9.84. The Labute approximate surface area is 141 Å². The van der Waals surface area contributed by atoms with E-state index in [2.05, 4.69) is 66.0 Å². The van der Waals surface area contributed by atoms with Crippen LogP contribution in [0, 0.1) is 0 Å². The summed E-state index contributed by atoms with van der Waals surface area (Å²) in [6, 6.07) is 17.0. The fourth-order valence-electron chi connectivity index (χ4n) is 3.30. The smallest absolute Gasteiger partial charge is 0.271 e. The third-order valence-electron chi connectivity index (χ3n) is 4.55. The van der Waals surface area contributed by atoms with E-state index >= 15 is 0 Å². The van der Waals surface area contributed by atoms with Crippen LogP contribution in [0.2, 0.25) is 0 Å². The van der Waals surface area contributed by atoms with Gasteiger partial charge in [0.05, 0.1) is 13.6 Å². The van der Waals surface area contributed by atoms with Crippen molar-refractivity contribution >= 4 is 12.2 Å². The second-order valence-corrected chi connectivity index (χ2v) is 6.03. The highest BCUT2D eigenvalue weighted by Crippen LogP contribution is 2.37. The van der Waals surface area contributed by atoms with E-state index in [1.165, 1.54) is 27.3 Å². The minimum atomic E-state index is 0.305. The molecular formula is C19H22N3O2+. The second kappa shape index (κ2) is 7.17. The standard InChI is InChI=1S/C19H21N3O2/c1-21(22(24)20-23)14-6-11-19-17-9-4-2-7-15(17)12-13-16-8-3-5-10-18(16)19/h2-5,7-10,12-13,19,24H,6,11,14H2,1H3/p+1. The summed E-state index contributed by atoms with van der Waals surface area (Å²) in [5.74, 6) is 0.305. The van der Waals surface area contributed by atoms with E-state index in [4.69, 9.17) is 5.21 Å². The predicted molar refractivity (Wildman–Crippen MR) is 91.8 cm³/mol. The first-order valence-corrected chi connectivity index (χ1v) is 8.11. The van der Waals surface area contributed by atoms with Crippen molar-refractivity contribution in [3.8, 4) is 0 Å². The summed E-state index contributed by atoms with van der Waals surface area (Å²) in [5, 5.41) is 22.2. The summed E-state index contributed by atoms with van der Waals surface area (Å²) in [4.78, 5) is 0.455. The van der Waals surface area contributed by atoms with Gasteiger partial charge in [-0.15, -0.1) is 5.01 Å². The number of fused-ring (bicyclic) bond motifs is 2. The van der Waals surface area contributed by atoms with E-state index < -0.39 is 0 Å². The molecular weight excluding hydrogens is 302 g/mol. The lowest BCUT2D eigenvalue weighted by Crippen LogP contribution is -2.29. The zero-order chi connectivity index (χ0) is 16.9. The zero-order valence-electron chi connectivity index (χ0n) is 13.7. The molecule has 0 saturated heterocycles. The summed E-state index contributed by atoms with van der Waals surface area (Å²) < 4.78 is 0. The van der Waals surface area contributed by atoms with Crippen LogP contribution in [0.5, 0.6) is 0 Å². The lowest BCUT2D eigenvalue weighted by molar-refractivity contribution is -0.938. The number of rotatable bonds is 5. The Morgan fingerprint density at radius 3 is 2.08 bits per heavy atom. The van der Waals surface area contributed by atoms with E-state index in [0.717, 1.165) is 12.8 Å². The van der Waals surface area contributed by atoms with Gasteiger partial charge in [-0.1, -0.05) is 60.7 Å². The van der Waals surface area contributed by atoms with Crippen LogP contribution in [0.1, 0.15) is 41.0 Å². The average Bonchev–Trinajstić information content (AvgIpc) is 2.78. The van der Waals surface area contributed by atoms with Crippen molar-refractivity contribution in [1.29, 1.82) is 0 Å². The van der Waals surface area contributed by atoms with Crippen molar-refractivity contribution in [3.63, 3.8) is 0 Å². The van der Waals surface area contributed by atoms with E-state index in [1.807, 2.05) is 0 Å². The molecule has 2 N–H and O–H groups in total. The minimum Gasteiger partial charge on any atom is -0.357 e. The molecule has 5 nitrogen and oxygen atoms in total. The normalized spacial score (nSPS) is 14.0. The molecule has 124 valence electrons. The maximum Gasteiger partial charge on any atom is 0.271 e. The Bertz CT molecular complexity index is 721. The first kappa shape index (κ1) is 16.1. The Balaban J connectivity index is 1.85. The van der Waals surface area contributed by atoms with Gasteiger partial charge in [-0.25, -0.2) is 5.21 Å². The number of hydrogen-bond acceptors (Lipinski definition) is 1. The lowest BCUT2D eigenvalue weighted by Gasteiger charge is -2.20. The summed E-state index contributed by atoms with van der Waals surface area (Å²) in [6.45, 7) is 0.592. The van der Waals surface area contributed by atoms with Gasteiger partial charge in [0, 0.05) is 5.92 Å². The van der Waals surface area contributed by atoms with Gasteiger partial charge in [0.2, 0.25) is 0 Å². The Morgan fingerprint density at radius 2 is 1.54 bits per heavy atom. The molecule has 0 amide bonds. The van der Waals surface area contributed by atoms with Crippen LogP contribution in [-0.4, -0.2) is 34.0 Å². The highest BCUT2D eigenvalue weighted by molar-refractivity contribution is 5.76. The van der Waals surface area contributed by atoms with E-state index in [-0.39, 0.29) is 0 Å². The van der Waals surface area contributed by atoms with Crippen LogP contribution in [0.15, 0.2) is 53.8 Å². The van der Waals surface area contributed by atoms with Crippen molar-refractivity contribution < 1.29 is 15.4 Å². The number of hydrogen-bond donors (Lipinski definition) is 2. The molecule has 0 radical (unpaired) electrons. The maximum absolute atomic E-state index is 9.36. The van der Waals surface area contributed by atoms with Crippen LogP contribution < -0.4 is 0 Å². The molecule has 1 aliphatic rings. The van der Waals surface area contributed by atoms with Crippen LogP contribution in [0.3, 0.4) is 0 Å². The number of nitrogens with zero attached hydrogens (tertiary/aromatic N) is 3. The Morgan fingerprint density at radius 1 is 1.00 bits per heavy atom. The molecule has 5 heteroatoms. The van der Waals surface area contributed by atoms with Crippen molar-refractivity contribution in [1.82, 2.24) is 5.01 Å². The fourth-order valence-corrected chi connectivity index (χ4v) is 3.30. The molecule has 3 rings (SSSR count). The van der Waals surface area contributed by atoms with Gasteiger partial charge in [0.15, 0.2) is 0 Å². The molecule has 0 aromatic heterocycles. The summed E-state index contributed by atoms with van der Waals surface area (Å²) in [7, 11) is 1.68. The third-order valence-corrected chi connectivity index (χ3v) is 4.55. The molecule has 1 aliphatic carbocycles. The highest BCUT2D eigenvalue weighted by Gasteiger charge is 2.22. The van der Waals surface area contributed by atoms with Crippen molar-refractivity contribution in [2.45, 2.75) is 18.8 Å². The van der Waals surface area contributed by atoms with Gasteiger partial charge in [-0.05, 0) is 35.1 Å². The predicted octanol–water partition coefficient (Wildman–Crippen LogP) is 4.17. The van der Waals surface area contributed by atoms with E-state index in [9.17, 15) is 5.21 Å². The topological polar surface area (TPSA) is 59.1 Å². The van der Waals surface area contributed by atoms with Gasteiger partial charge >= 0.3 is 0 Å². The second-order valence-electron chi connectivity index (χ2n) is 6.03. The van der Waals surface area contributed by atoms with Gasteiger partial charge < -0.3 is 5.21 Å². The average molecular weight is 324 g/mol. The van der Waals surface area contributed by atoms with E-state index in [1.54, 1.807) is 7.05 Å². The van der Waals surface area contributed by atoms with Crippen LogP contribution in [0.25, 0.3) is 12.2 Å². The summed E-state index contributed by atoms with van der Waals surface area (Å²) >= 11 is 0. The molecule has 0 fully saturated rings. The molecule has 0 atom stereocenters. The zero-order valence-corrected chi connectivity index (χ0v) is 13.7. The number of benzene rings is 2. The largest absolute Gasteiger partial charge is 0.357 e. The van der Waals surface area contributed by atoms with Crippen molar-refractivity contribution in [2.24, 2.45) is 5.28 Å². The van der Waals surface area contributed by atoms with Gasteiger partial charge in [-0.2, -0.15) is 0 Å². The van der Waals surface area contributed by atoms with Crippen molar-refractivity contribution in [3.05, 3.63) is 70.8 Å². The van der Waals surface area contributed by atoms with Crippen LogP contribution in [-0.2, 0) is 0 Å². The molecule has 0 bridgehead atoms. The molecule has 0 heterocycles. The third kappa shape index (κ3) is 3.25. The maximum atomic E-state index is 9.36. The first-order chi connectivity index (χ1) is 11.7. The molecule has 0 unspecified atom stereocenters. The van der Waals surface area contributed by atoms with E-state index in [0.29, 0.717) is 17.4 Å². The fraction of sp³-hybridized carbons (Fsp3) is 0.263. The first-order valence-electron chi connectivity index (χ1n) is 8.11. The minimum absolute atomic E-state index is 0.305. The molecule has 24 heavy (non-hydrogen) atoms.